The van der Waals surface area contributed by atoms with Crippen molar-refractivity contribution in [2.45, 2.75) is 31.8 Å². The number of anilines is 2. The molecule has 1 aliphatic heterocycles. The zero-order chi connectivity index (χ0) is 14.2. The zero-order valence-electron chi connectivity index (χ0n) is 12.3. The number of aromatic nitrogens is 2. The lowest BCUT2D eigenvalue weighted by Crippen LogP contribution is -2.49. The van der Waals surface area contributed by atoms with Crippen molar-refractivity contribution >= 4 is 22.7 Å². The van der Waals surface area contributed by atoms with Crippen LogP contribution in [0.15, 0.2) is 24.3 Å². The van der Waals surface area contributed by atoms with E-state index in [0.29, 0.717) is 12.1 Å². The van der Waals surface area contributed by atoms with Crippen LogP contribution in [0.1, 0.15) is 19.8 Å². The molecule has 2 N–H and O–H groups in total. The van der Waals surface area contributed by atoms with Crippen molar-refractivity contribution in [2.75, 3.05) is 29.9 Å². The van der Waals surface area contributed by atoms with E-state index in [9.17, 15) is 0 Å². The lowest BCUT2D eigenvalue weighted by atomic mass is 10.2. The summed E-state index contributed by atoms with van der Waals surface area (Å²) in [5, 5.41) is 7.03. The first kappa shape index (κ1) is 12.8. The Hall–Kier alpha value is -1.88. The van der Waals surface area contributed by atoms with Crippen LogP contribution in [0, 0.1) is 0 Å². The summed E-state index contributed by atoms with van der Waals surface area (Å²) in [5.41, 5.74) is 1.94. The summed E-state index contributed by atoms with van der Waals surface area (Å²) in [6.07, 6.45) is 2.48. The minimum absolute atomic E-state index is 0.487. The molecule has 1 saturated heterocycles. The van der Waals surface area contributed by atoms with Gasteiger partial charge in [0, 0.05) is 31.7 Å². The largest absolute Gasteiger partial charge is 0.364 e. The molecular weight excluding hydrogens is 262 g/mol. The summed E-state index contributed by atoms with van der Waals surface area (Å²) >= 11 is 0. The first-order valence-electron chi connectivity index (χ1n) is 7.81. The van der Waals surface area contributed by atoms with Crippen LogP contribution in [0.5, 0.6) is 0 Å². The highest BCUT2D eigenvalue weighted by molar-refractivity contribution is 5.80. The maximum Gasteiger partial charge on any atom is 0.172 e. The van der Waals surface area contributed by atoms with Crippen molar-refractivity contribution < 1.29 is 0 Å². The molecule has 2 fully saturated rings. The molecule has 1 aliphatic carbocycles. The lowest BCUT2D eigenvalue weighted by molar-refractivity contribution is 0.482. The van der Waals surface area contributed by atoms with Crippen molar-refractivity contribution in [1.29, 1.82) is 0 Å². The molecule has 2 heterocycles. The molecule has 1 saturated carbocycles. The Kier molecular flexibility index (Phi) is 3.15. The van der Waals surface area contributed by atoms with Gasteiger partial charge in [0.25, 0.3) is 0 Å². The van der Waals surface area contributed by atoms with Crippen molar-refractivity contribution in [2.24, 2.45) is 0 Å². The molecule has 1 atom stereocenters. The maximum absolute atomic E-state index is 4.89. The minimum atomic E-state index is 0.487. The van der Waals surface area contributed by atoms with E-state index < -0.39 is 0 Å². The van der Waals surface area contributed by atoms with Gasteiger partial charge < -0.3 is 15.5 Å². The highest BCUT2D eigenvalue weighted by atomic mass is 15.3. The van der Waals surface area contributed by atoms with E-state index in [4.69, 9.17) is 9.97 Å². The number of hydrogen-bond acceptors (Lipinski definition) is 5. The van der Waals surface area contributed by atoms with Crippen LogP contribution in [0.25, 0.3) is 11.0 Å². The summed E-state index contributed by atoms with van der Waals surface area (Å²) in [5.74, 6) is 1.96. The predicted molar refractivity (Wildman–Crippen MR) is 85.9 cm³/mol. The second-order valence-electron chi connectivity index (χ2n) is 6.10. The normalized spacial score (nSPS) is 22.5. The fraction of sp³-hybridized carbons (Fsp3) is 0.500. The topological polar surface area (TPSA) is 53.1 Å². The van der Waals surface area contributed by atoms with E-state index in [0.717, 1.165) is 42.3 Å². The third kappa shape index (κ3) is 2.65. The molecule has 2 aliphatic rings. The summed E-state index contributed by atoms with van der Waals surface area (Å²) in [4.78, 5) is 12.1. The van der Waals surface area contributed by atoms with Gasteiger partial charge >= 0.3 is 0 Å². The van der Waals surface area contributed by atoms with Crippen LogP contribution in [0.4, 0.5) is 11.6 Å². The first-order valence-corrected chi connectivity index (χ1v) is 7.81. The van der Waals surface area contributed by atoms with Crippen LogP contribution in [-0.4, -0.2) is 41.7 Å². The third-order valence-electron chi connectivity index (χ3n) is 4.14. The van der Waals surface area contributed by atoms with Gasteiger partial charge in [-0.2, -0.15) is 0 Å². The van der Waals surface area contributed by atoms with Gasteiger partial charge in [0.1, 0.15) is 0 Å². The van der Waals surface area contributed by atoms with Gasteiger partial charge in [-0.25, -0.2) is 9.97 Å². The highest BCUT2D eigenvalue weighted by Crippen LogP contribution is 2.31. The van der Waals surface area contributed by atoms with E-state index in [1.807, 2.05) is 24.3 Å². The average Bonchev–Trinajstić information content (AvgIpc) is 3.30. The number of rotatable bonds is 3. The Morgan fingerprint density at radius 3 is 2.67 bits per heavy atom. The Balaban J connectivity index is 1.76. The van der Waals surface area contributed by atoms with E-state index in [1.165, 1.54) is 12.8 Å². The molecule has 21 heavy (non-hydrogen) atoms. The summed E-state index contributed by atoms with van der Waals surface area (Å²) in [7, 11) is 0. The van der Waals surface area contributed by atoms with E-state index in [2.05, 4.69) is 22.5 Å². The molecule has 2 aromatic rings. The summed E-state index contributed by atoms with van der Waals surface area (Å²) < 4.78 is 0. The summed E-state index contributed by atoms with van der Waals surface area (Å²) in [6.45, 7) is 5.18. The fourth-order valence-corrected chi connectivity index (χ4v) is 2.85. The zero-order valence-corrected chi connectivity index (χ0v) is 12.3. The standard InChI is InChI=1S/C16H21N5/c1-11-10-21(9-8-17-11)16-15(18-12-6-7-12)19-13-4-2-3-5-14(13)20-16/h2-5,11-12,17H,6-10H2,1H3,(H,18,19)/t11-/m0/s1. The number of benzene rings is 1. The van der Waals surface area contributed by atoms with Gasteiger partial charge in [0.05, 0.1) is 11.0 Å². The average molecular weight is 283 g/mol. The van der Waals surface area contributed by atoms with Gasteiger partial charge in [-0.3, -0.25) is 0 Å². The number of para-hydroxylation sites is 2. The van der Waals surface area contributed by atoms with Crippen molar-refractivity contribution in [3.8, 4) is 0 Å². The Labute approximate surface area is 124 Å². The lowest BCUT2D eigenvalue weighted by Gasteiger charge is -2.33. The summed E-state index contributed by atoms with van der Waals surface area (Å²) in [6, 6.07) is 9.18. The molecule has 4 rings (SSSR count). The third-order valence-corrected chi connectivity index (χ3v) is 4.14. The van der Waals surface area contributed by atoms with Crippen LogP contribution >= 0.6 is 0 Å². The van der Waals surface area contributed by atoms with Gasteiger partial charge in [-0.05, 0) is 31.9 Å². The molecule has 0 unspecified atom stereocenters. The van der Waals surface area contributed by atoms with Crippen molar-refractivity contribution in [3.63, 3.8) is 0 Å². The quantitative estimate of drug-likeness (QED) is 0.902. The number of nitrogens with one attached hydrogen (secondary N) is 2. The molecule has 5 heteroatoms. The van der Waals surface area contributed by atoms with Crippen LogP contribution in [-0.2, 0) is 0 Å². The van der Waals surface area contributed by atoms with Crippen LogP contribution in [0.2, 0.25) is 0 Å². The molecular formula is C16H21N5. The molecule has 0 amide bonds. The molecule has 0 bridgehead atoms. The van der Waals surface area contributed by atoms with Gasteiger partial charge in [-0.15, -0.1) is 0 Å². The van der Waals surface area contributed by atoms with E-state index in [1.54, 1.807) is 0 Å². The molecule has 1 aromatic carbocycles. The van der Waals surface area contributed by atoms with Crippen molar-refractivity contribution in [3.05, 3.63) is 24.3 Å². The molecule has 110 valence electrons. The highest BCUT2D eigenvalue weighted by Gasteiger charge is 2.26. The molecule has 0 radical (unpaired) electrons. The van der Waals surface area contributed by atoms with Gasteiger partial charge in [0.15, 0.2) is 11.6 Å². The minimum Gasteiger partial charge on any atom is -0.364 e. The predicted octanol–water partition coefficient (Wildman–Crippen LogP) is 2.00. The maximum atomic E-state index is 4.89. The van der Waals surface area contributed by atoms with Gasteiger partial charge in [0.2, 0.25) is 0 Å². The smallest absolute Gasteiger partial charge is 0.172 e. The SMILES string of the molecule is C[C@H]1CN(c2nc3ccccc3nc2NC2CC2)CCN1. The Bertz CT molecular complexity index is 652. The van der Waals surface area contributed by atoms with E-state index in [-0.39, 0.29) is 0 Å². The molecule has 1 aromatic heterocycles. The van der Waals surface area contributed by atoms with Gasteiger partial charge in [-0.1, -0.05) is 12.1 Å². The van der Waals surface area contributed by atoms with Crippen molar-refractivity contribution in [1.82, 2.24) is 15.3 Å². The Morgan fingerprint density at radius 2 is 1.95 bits per heavy atom. The van der Waals surface area contributed by atoms with Crippen LogP contribution in [0.3, 0.4) is 0 Å². The van der Waals surface area contributed by atoms with E-state index >= 15 is 0 Å². The Morgan fingerprint density at radius 1 is 1.19 bits per heavy atom. The first-order chi connectivity index (χ1) is 10.3. The number of piperazine rings is 1. The number of nitrogens with zero attached hydrogens (tertiary/aromatic N) is 3. The van der Waals surface area contributed by atoms with Crippen LogP contribution < -0.4 is 15.5 Å². The monoisotopic (exact) mass is 283 g/mol. The molecule has 0 spiro atoms. The second-order valence-corrected chi connectivity index (χ2v) is 6.10. The number of hydrogen-bond donors (Lipinski definition) is 2. The number of fused-ring (bicyclic) bond motifs is 1. The fourth-order valence-electron chi connectivity index (χ4n) is 2.85. The molecule has 5 nitrogen and oxygen atoms in total. The second kappa shape index (κ2) is 5.15.